The maximum Gasteiger partial charge on any atom is 0.275 e. The van der Waals surface area contributed by atoms with Gasteiger partial charge in [0.25, 0.3) is 5.91 Å². The van der Waals surface area contributed by atoms with Crippen molar-refractivity contribution in [1.82, 2.24) is 5.48 Å². The Bertz CT molecular complexity index is 699. The number of ether oxygens (including phenoxy) is 1. The zero-order valence-corrected chi connectivity index (χ0v) is 16.3. The van der Waals surface area contributed by atoms with Crippen molar-refractivity contribution in [2.45, 2.75) is 75.9 Å². The van der Waals surface area contributed by atoms with Gasteiger partial charge in [-0.3, -0.25) is 9.63 Å². The van der Waals surface area contributed by atoms with Gasteiger partial charge in [0.15, 0.2) is 0 Å². The van der Waals surface area contributed by atoms with E-state index < -0.39 is 0 Å². The molecular weight excluding hydrogens is 338 g/mol. The Hall–Kier alpha value is -1.65. The van der Waals surface area contributed by atoms with Crippen molar-refractivity contribution in [2.75, 3.05) is 7.11 Å². The van der Waals surface area contributed by atoms with E-state index in [1.54, 1.807) is 0 Å². The first kappa shape index (κ1) is 18.7. The molecule has 0 aromatic heterocycles. The average molecular weight is 370 g/mol. The van der Waals surface area contributed by atoms with Crippen LogP contribution in [0.25, 0.3) is 5.57 Å². The highest BCUT2D eigenvalue weighted by atomic mass is 16.6. The minimum absolute atomic E-state index is 0.111. The summed E-state index contributed by atoms with van der Waals surface area (Å²) in [6.45, 7) is 0. The molecule has 2 aliphatic carbocycles. The smallest absolute Gasteiger partial charge is 0.275 e. The SMILES string of the molecule is CONC(=O)c1ccccc1C1=CC2(CCCCC2)O[C@H]1C1CCCCC1. The first-order valence-corrected chi connectivity index (χ1v) is 10.6. The number of amides is 1. The van der Waals surface area contributed by atoms with Crippen LogP contribution < -0.4 is 5.48 Å². The van der Waals surface area contributed by atoms with E-state index >= 15 is 0 Å². The fraction of sp³-hybridized carbons (Fsp3) is 0.609. The van der Waals surface area contributed by atoms with Crippen LogP contribution in [-0.2, 0) is 9.57 Å². The van der Waals surface area contributed by atoms with E-state index in [1.807, 2.05) is 18.2 Å². The van der Waals surface area contributed by atoms with E-state index in [0.29, 0.717) is 11.5 Å². The zero-order valence-electron chi connectivity index (χ0n) is 16.3. The van der Waals surface area contributed by atoms with E-state index in [1.165, 1.54) is 64.0 Å². The summed E-state index contributed by atoms with van der Waals surface area (Å²) >= 11 is 0. The van der Waals surface area contributed by atoms with Crippen LogP contribution in [0.2, 0.25) is 0 Å². The average Bonchev–Trinajstić information content (AvgIpc) is 3.08. The molecule has 1 amide bonds. The van der Waals surface area contributed by atoms with E-state index in [-0.39, 0.29) is 17.6 Å². The summed E-state index contributed by atoms with van der Waals surface area (Å²) in [5.41, 5.74) is 5.26. The lowest BCUT2D eigenvalue weighted by Gasteiger charge is -2.36. The molecule has 1 N–H and O–H groups in total. The number of hydroxylamine groups is 1. The molecule has 1 heterocycles. The van der Waals surface area contributed by atoms with Crippen LogP contribution in [0, 0.1) is 5.92 Å². The highest BCUT2D eigenvalue weighted by Crippen LogP contribution is 2.48. The van der Waals surface area contributed by atoms with Crippen LogP contribution >= 0.6 is 0 Å². The minimum atomic E-state index is -0.194. The van der Waals surface area contributed by atoms with Gasteiger partial charge >= 0.3 is 0 Å². The molecule has 1 spiro atoms. The Labute approximate surface area is 162 Å². The number of hydrogen-bond acceptors (Lipinski definition) is 3. The summed E-state index contributed by atoms with van der Waals surface area (Å²) < 4.78 is 6.84. The Morgan fingerprint density at radius 2 is 1.78 bits per heavy atom. The van der Waals surface area contributed by atoms with Crippen molar-refractivity contribution in [3.63, 3.8) is 0 Å². The van der Waals surface area contributed by atoms with E-state index in [9.17, 15) is 4.79 Å². The molecule has 2 fully saturated rings. The number of carbonyl (C=O) groups is 1. The summed E-state index contributed by atoms with van der Waals surface area (Å²) in [5, 5.41) is 0. The van der Waals surface area contributed by atoms with Gasteiger partial charge in [0.1, 0.15) is 0 Å². The lowest BCUT2D eigenvalue weighted by molar-refractivity contribution is -0.0686. The molecular formula is C23H31NO3. The molecule has 0 radical (unpaired) electrons. The third-order valence-corrected chi connectivity index (χ3v) is 6.54. The highest BCUT2D eigenvalue weighted by Gasteiger charge is 2.44. The second-order valence-corrected chi connectivity index (χ2v) is 8.34. The third-order valence-electron chi connectivity index (χ3n) is 6.54. The quantitative estimate of drug-likeness (QED) is 0.756. The number of rotatable bonds is 4. The van der Waals surface area contributed by atoms with Crippen molar-refractivity contribution in [1.29, 1.82) is 0 Å². The Morgan fingerprint density at radius 3 is 2.52 bits per heavy atom. The van der Waals surface area contributed by atoms with Gasteiger partial charge in [-0.05, 0) is 54.9 Å². The highest BCUT2D eigenvalue weighted by molar-refractivity contribution is 5.99. The van der Waals surface area contributed by atoms with Crippen LogP contribution in [0.3, 0.4) is 0 Å². The van der Waals surface area contributed by atoms with Crippen molar-refractivity contribution in [3.05, 3.63) is 41.5 Å². The molecule has 0 unspecified atom stereocenters. The molecule has 0 bridgehead atoms. The number of hydrogen-bond donors (Lipinski definition) is 1. The Balaban J connectivity index is 1.72. The summed E-state index contributed by atoms with van der Waals surface area (Å²) in [5.74, 6) is 0.367. The monoisotopic (exact) mass is 369 g/mol. The predicted molar refractivity (Wildman–Crippen MR) is 106 cm³/mol. The maximum absolute atomic E-state index is 12.6. The normalized spacial score (nSPS) is 25.4. The van der Waals surface area contributed by atoms with Crippen molar-refractivity contribution >= 4 is 11.5 Å². The zero-order chi connectivity index (χ0) is 18.7. The van der Waals surface area contributed by atoms with Crippen LogP contribution in [-0.4, -0.2) is 24.7 Å². The molecule has 1 aromatic rings. The molecule has 4 nitrogen and oxygen atoms in total. The van der Waals surface area contributed by atoms with Gasteiger partial charge in [0, 0.05) is 5.56 Å². The fourth-order valence-electron chi connectivity index (χ4n) is 5.23. The number of carbonyl (C=O) groups excluding carboxylic acids is 1. The standard InChI is InChI=1S/C23H31NO3/c1-26-24-22(25)19-13-7-6-12-18(19)20-16-23(14-8-3-9-15-23)27-21(20)17-10-4-2-5-11-17/h6-7,12-13,16-17,21H,2-5,8-11,14-15H2,1H3,(H,24,25)/t21-/m0/s1. The van der Waals surface area contributed by atoms with Crippen molar-refractivity contribution < 1.29 is 14.4 Å². The fourth-order valence-corrected chi connectivity index (χ4v) is 5.23. The van der Waals surface area contributed by atoms with Gasteiger partial charge in [0.05, 0.1) is 18.8 Å². The lowest BCUT2D eigenvalue weighted by atomic mass is 9.80. The molecule has 1 aliphatic heterocycles. The second-order valence-electron chi connectivity index (χ2n) is 8.34. The van der Waals surface area contributed by atoms with Gasteiger partial charge in [0.2, 0.25) is 0 Å². The molecule has 1 aromatic carbocycles. The van der Waals surface area contributed by atoms with E-state index in [2.05, 4.69) is 17.6 Å². The van der Waals surface area contributed by atoms with Crippen LogP contribution in [0.15, 0.2) is 30.3 Å². The van der Waals surface area contributed by atoms with E-state index in [4.69, 9.17) is 9.57 Å². The summed E-state index contributed by atoms with van der Waals surface area (Å²) in [6.07, 6.45) is 14.8. The molecule has 4 heteroatoms. The van der Waals surface area contributed by atoms with Crippen LogP contribution in [0.4, 0.5) is 0 Å². The molecule has 4 rings (SSSR count). The van der Waals surface area contributed by atoms with Crippen molar-refractivity contribution in [2.24, 2.45) is 5.92 Å². The Kier molecular flexibility index (Phi) is 5.65. The summed E-state index contributed by atoms with van der Waals surface area (Å²) in [4.78, 5) is 17.4. The third kappa shape index (κ3) is 3.83. The Morgan fingerprint density at radius 1 is 1.07 bits per heavy atom. The van der Waals surface area contributed by atoms with Crippen LogP contribution in [0.1, 0.15) is 80.1 Å². The molecule has 0 saturated heterocycles. The van der Waals surface area contributed by atoms with Crippen molar-refractivity contribution in [3.8, 4) is 0 Å². The first-order chi connectivity index (χ1) is 13.2. The molecule has 1 atom stereocenters. The topological polar surface area (TPSA) is 47.6 Å². The van der Waals surface area contributed by atoms with Gasteiger partial charge in [-0.1, -0.05) is 56.7 Å². The summed E-state index contributed by atoms with van der Waals surface area (Å²) in [6, 6.07) is 7.88. The second kappa shape index (κ2) is 8.15. The van der Waals surface area contributed by atoms with Crippen LogP contribution in [0.5, 0.6) is 0 Å². The maximum atomic E-state index is 12.6. The molecule has 27 heavy (non-hydrogen) atoms. The molecule has 3 aliphatic rings. The van der Waals surface area contributed by atoms with Gasteiger partial charge in [-0.25, -0.2) is 5.48 Å². The lowest BCUT2D eigenvalue weighted by Crippen LogP contribution is -2.35. The summed E-state index contributed by atoms with van der Waals surface area (Å²) in [7, 11) is 1.47. The predicted octanol–water partition coefficient (Wildman–Crippen LogP) is 5.04. The van der Waals surface area contributed by atoms with Gasteiger partial charge < -0.3 is 4.74 Å². The molecule has 2 saturated carbocycles. The first-order valence-electron chi connectivity index (χ1n) is 10.6. The van der Waals surface area contributed by atoms with Gasteiger partial charge in [-0.15, -0.1) is 0 Å². The number of benzene rings is 1. The molecule has 146 valence electrons. The largest absolute Gasteiger partial charge is 0.363 e. The number of nitrogens with one attached hydrogen (secondary N) is 1. The minimum Gasteiger partial charge on any atom is -0.363 e. The van der Waals surface area contributed by atoms with Gasteiger partial charge in [-0.2, -0.15) is 0 Å². The van der Waals surface area contributed by atoms with E-state index in [0.717, 1.165) is 18.4 Å².